The maximum Gasteiger partial charge on any atom is 0.234 e. The molecule has 0 atom stereocenters. The minimum Gasteiger partial charge on any atom is -0.494 e. The molecule has 0 aliphatic carbocycles. The van der Waals surface area contributed by atoms with E-state index < -0.39 is 0 Å². The summed E-state index contributed by atoms with van der Waals surface area (Å²) in [6.45, 7) is 7.98. The van der Waals surface area contributed by atoms with Gasteiger partial charge < -0.3 is 10.1 Å². The first kappa shape index (κ1) is 13.9. The first-order valence-electron chi connectivity index (χ1n) is 6.83. The first-order valence-corrected chi connectivity index (χ1v) is 6.83. The Morgan fingerprint density at radius 1 is 1.26 bits per heavy atom. The maximum absolute atomic E-state index is 11.2. The van der Waals surface area contributed by atoms with Gasteiger partial charge in [-0.2, -0.15) is 0 Å². The average molecular weight is 262 g/mol. The smallest absolute Gasteiger partial charge is 0.234 e. The van der Waals surface area contributed by atoms with Crippen molar-refractivity contribution in [2.75, 3.05) is 32.8 Å². The normalized spacial score (nSPS) is 16.2. The highest BCUT2D eigenvalue weighted by Crippen LogP contribution is 2.16. The molecule has 4 nitrogen and oxygen atoms in total. The largest absolute Gasteiger partial charge is 0.494 e. The van der Waals surface area contributed by atoms with Crippen LogP contribution in [-0.4, -0.2) is 43.6 Å². The van der Waals surface area contributed by atoms with Crippen LogP contribution in [0, 0.1) is 13.8 Å². The van der Waals surface area contributed by atoms with Crippen molar-refractivity contribution in [2.45, 2.75) is 20.3 Å². The first-order chi connectivity index (χ1) is 9.13. The Balaban J connectivity index is 1.70. The van der Waals surface area contributed by atoms with E-state index in [-0.39, 0.29) is 5.91 Å². The number of benzene rings is 1. The fourth-order valence-corrected chi connectivity index (χ4v) is 2.38. The molecule has 1 aliphatic rings. The number of hydrogen-bond acceptors (Lipinski definition) is 3. The average Bonchev–Trinajstić information content (AvgIpc) is 2.34. The fraction of sp³-hybridized carbons (Fsp3) is 0.533. The number of carbonyl (C=O) groups excluding carboxylic acids is 1. The van der Waals surface area contributed by atoms with Gasteiger partial charge in [-0.1, -0.05) is 6.07 Å². The number of aryl methyl sites for hydroxylation is 2. The quantitative estimate of drug-likeness (QED) is 0.818. The third kappa shape index (κ3) is 4.56. The number of ether oxygens (including phenoxy) is 1. The van der Waals surface area contributed by atoms with Crippen LogP contribution in [0.1, 0.15) is 17.5 Å². The van der Waals surface area contributed by atoms with Crippen molar-refractivity contribution >= 4 is 5.91 Å². The lowest BCUT2D eigenvalue weighted by atomic mass is 10.1. The Morgan fingerprint density at radius 3 is 2.68 bits per heavy atom. The lowest BCUT2D eigenvalue weighted by Gasteiger charge is -2.26. The summed E-state index contributed by atoms with van der Waals surface area (Å²) in [5.74, 6) is 1.07. The van der Waals surface area contributed by atoms with E-state index in [4.69, 9.17) is 4.74 Å². The zero-order valence-electron chi connectivity index (χ0n) is 11.7. The minimum atomic E-state index is 0.126. The molecule has 4 heteroatoms. The van der Waals surface area contributed by atoms with Gasteiger partial charge in [0.25, 0.3) is 0 Å². The number of nitrogens with zero attached hydrogens (tertiary/aromatic N) is 1. The van der Waals surface area contributed by atoms with Crippen LogP contribution in [0.25, 0.3) is 0 Å². The summed E-state index contributed by atoms with van der Waals surface area (Å²) >= 11 is 0. The zero-order chi connectivity index (χ0) is 13.7. The minimum absolute atomic E-state index is 0.126. The Hall–Kier alpha value is -1.55. The highest BCUT2D eigenvalue weighted by Gasteiger charge is 2.14. The lowest BCUT2D eigenvalue weighted by molar-refractivity contribution is -0.124. The Morgan fingerprint density at radius 2 is 2.00 bits per heavy atom. The summed E-state index contributed by atoms with van der Waals surface area (Å²) in [6, 6.07) is 6.25. The lowest BCUT2D eigenvalue weighted by Crippen LogP contribution is -2.47. The Labute approximate surface area is 114 Å². The van der Waals surface area contributed by atoms with Crippen molar-refractivity contribution in [3.63, 3.8) is 0 Å². The number of amides is 1. The zero-order valence-corrected chi connectivity index (χ0v) is 11.7. The van der Waals surface area contributed by atoms with Gasteiger partial charge in [0.05, 0.1) is 13.2 Å². The predicted octanol–water partition coefficient (Wildman–Crippen LogP) is 1.50. The van der Waals surface area contributed by atoms with Gasteiger partial charge in [0.1, 0.15) is 5.75 Å². The number of rotatable bonds is 5. The highest BCUT2D eigenvalue weighted by molar-refractivity contribution is 5.78. The number of carbonyl (C=O) groups is 1. The van der Waals surface area contributed by atoms with Gasteiger partial charge in [-0.15, -0.1) is 0 Å². The molecule has 1 aromatic rings. The van der Waals surface area contributed by atoms with Crippen LogP contribution < -0.4 is 10.1 Å². The summed E-state index contributed by atoms with van der Waals surface area (Å²) < 4.78 is 5.76. The Bertz CT molecular complexity index is 426. The van der Waals surface area contributed by atoms with Crippen LogP contribution in [0.15, 0.2) is 18.2 Å². The molecular weight excluding hydrogens is 240 g/mol. The molecule has 1 heterocycles. The molecule has 0 radical (unpaired) electrons. The van der Waals surface area contributed by atoms with Crippen molar-refractivity contribution in [1.82, 2.24) is 10.2 Å². The van der Waals surface area contributed by atoms with E-state index in [2.05, 4.69) is 42.3 Å². The second-order valence-electron chi connectivity index (χ2n) is 5.15. The molecule has 0 saturated carbocycles. The summed E-state index contributed by atoms with van der Waals surface area (Å²) in [7, 11) is 0. The summed E-state index contributed by atoms with van der Waals surface area (Å²) in [5.41, 5.74) is 2.45. The van der Waals surface area contributed by atoms with Gasteiger partial charge in [0.15, 0.2) is 0 Å². The van der Waals surface area contributed by atoms with E-state index in [9.17, 15) is 4.79 Å². The molecule has 0 bridgehead atoms. The van der Waals surface area contributed by atoms with Gasteiger partial charge in [-0.05, 0) is 43.5 Å². The van der Waals surface area contributed by atoms with E-state index in [1.165, 1.54) is 11.1 Å². The van der Waals surface area contributed by atoms with Crippen molar-refractivity contribution in [3.8, 4) is 5.75 Å². The predicted molar refractivity (Wildman–Crippen MR) is 75.5 cm³/mol. The van der Waals surface area contributed by atoms with Crippen molar-refractivity contribution in [3.05, 3.63) is 29.3 Å². The second kappa shape index (κ2) is 6.57. The van der Waals surface area contributed by atoms with Crippen LogP contribution in [0.5, 0.6) is 5.75 Å². The van der Waals surface area contributed by atoms with E-state index in [0.29, 0.717) is 13.2 Å². The van der Waals surface area contributed by atoms with Crippen molar-refractivity contribution < 1.29 is 9.53 Å². The van der Waals surface area contributed by atoms with Gasteiger partial charge >= 0.3 is 0 Å². The summed E-state index contributed by atoms with van der Waals surface area (Å²) in [5, 5.41) is 2.83. The van der Waals surface area contributed by atoms with Gasteiger partial charge in [-0.3, -0.25) is 9.69 Å². The maximum atomic E-state index is 11.2. The van der Waals surface area contributed by atoms with Gasteiger partial charge in [-0.25, -0.2) is 0 Å². The molecule has 104 valence electrons. The molecular formula is C15H22N2O2. The molecule has 1 N–H and O–H groups in total. The molecule has 0 unspecified atom stereocenters. The monoisotopic (exact) mass is 262 g/mol. The van der Waals surface area contributed by atoms with Crippen LogP contribution in [0.3, 0.4) is 0 Å². The molecule has 1 aromatic carbocycles. The number of nitrogens with one attached hydrogen (secondary N) is 1. The van der Waals surface area contributed by atoms with E-state index >= 15 is 0 Å². The summed E-state index contributed by atoms with van der Waals surface area (Å²) in [6.07, 6.45) is 0.945. The molecule has 1 amide bonds. The SMILES string of the molecule is Cc1cc(C)cc(OCCCN2CCNC(=O)C2)c1. The summed E-state index contributed by atoms with van der Waals surface area (Å²) in [4.78, 5) is 13.4. The van der Waals surface area contributed by atoms with Crippen molar-refractivity contribution in [1.29, 1.82) is 0 Å². The molecule has 19 heavy (non-hydrogen) atoms. The fourth-order valence-electron chi connectivity index (χ4n) is 2.38. The van der Waals surface area contributed by atoms with Gasteiger partial charge in [0, 0.05) is 19.6 Å². The van der Waals surface area contributed by atoms with Crippen molar-refractivity contribution in [2.24, 2.45) is 0 Å². The van der Waals surface area contributed by atoms with Crippen LogP contribution >= 0.6 is 0 Å². The molecule has 1 aliphatic heterocycles. The molecule has 2 rings (SSSR count). The van der Waals surface area contributed by atoms with Crippen LogP contribution in [-0.2, 0) is 4.79 Å². The molecule has 1 saturated heterocycles. The van der Waals surface area contributed by atoms with E-state index in [1.807, 2.05) is 0 Å². The third-order valence-corrected chi connectivity index (χ3v) is 3.20. The Kier molecular flexibility index (Phi) is 4.80. The van der Waals surface area contributed by atoms with Crippen LogP contribution in [0.2, 0.25) is 0 Å². The molecule has 0 spiro atoms. The van der Waals surface area contributed by atoms with E-state index in [0.717, 1.165) is 31.8 Å². The van der Waals surface area contributed by atoms with Gasteiger partial charge in [0.2, 0.25) is 5.91 Å². The third-order valence-electron chi connectivity index (χ3n) is 3.20. The molecule has 1 fully saturated rings. The van der Waals surface area contributed by atoms with E-state index in [1.54, 1.807) is 0 Å². The standard InChI is InChI=1S/C15H22N2O2/c1-12-8-13(2)10-14(9-12)19-7-3-5-17-6-4-16-15(18)11-17/h8-10H,3-7,11H2,1-2H3,(H,16,18). The number of hydrogen-bond donors (Lipinski definition) is 1. The van der Waals surface area contributed by atoms with Crippen LogP contribution in [0.4, 0.5) is 0 Å². The highest BCUT2D eigenvalue weighted by atomic mass is 16.5. The second-order valence-corrected chi connectivity index (χ2v) is 5.15. The number of piperazine rings is 1. The topological polar surface area (TPSA) is 41.6 Å². The molecule has 0 aromatic heterocycles.